The molecule has 2 aromatic rings. The molecule has 1 fully saturated rings. The summed E-state index contributed by atoms with van der Waals surface area (Å²) in [7, 11) is 0. The Kier molecular flexibility index (Phi) is 4.99. The van der Waals surface area contributed by atoms with Crippen molar-refractivity contribution in [1.82, 2.24) is 20.0 Å². The number of benzene rings is 1. The summed E-state index contributed by atoms with van der Waals surface area (Å²) in [4.78, 5) is 14.9. The van der Waals surface area contributed by atoms with E-state index in [-0.39, 0.29) is 11.7 Å². The fraction of sp³-hybridized carbons (Fsp3) is 0.474. The van der Waals surface area contributed by atoms with Crippen molar-refractivity contribution in [3.8, 4) is 5.69 Å². The minimum atomic E-state index is -0.279. The van der Waals surface area contributed by atoms with Crippen LogP contribution >= 0.6 is 0 Å². The Hall–Kier alpha value is -2.25. The number of hydrogen-bond acceptors (Lipinski definition) is 4. The topological polar surface area (TPSA) is 59.4 Å². The molecule has 1 N–H and O–H groups in total. The van der Waals surface area contributed by atoms with Gasteiger partial charge in [0, 0.05) is 37.4 Å². The summed E-state index contributed by atoms with van der Waals surface area (Å²) in [5, 5.41) is 7.54. The average Bonchev–Trinajstić information content (AvgIpc) is 3.26. The fourth-order valence-corrected chi connectivity index (χ4v) is 3.65. The first kappa shape index (κ1) is 17.2. The van der Waals surface area contributed by atoms with Crippen LogP contribution in [0.1, 0.15) is 28.2 Å². The molecule has 0 atom stereocenters. The molecule has 1 aromatic carbocycles. The first-order valence-electron chi connectivity index (χ1n) is 9.17. The minimum Gasteiger partial charge on any atom is -0.379 e. The van der Waals surface area contributed by atoms with Gasteiger partial charge in [0.1, 0.15) is 5.82 Å². The van der Waals surface area contributed by atoms with Crippen LogP contribution in [0.4, 0.5) is 4.39 Å². The molecule has 0 unspecified atom stereocenters. The van der Waals surface area contributed by atoms with E-state index in [1.54, 1.807) is 16.8 Å². The smallest absolute Gasteiger partial charge is 0.272 e. The van der Waals surface area contributed by atoms with E-state index in [1.165, 1.54) is 12.1 Å². The van der Waals surface area contributed by atoms with Crippen molar-refractivity contribution in [1.29, 1.82) is 0 Å². The van der Waals surface area contributed by atoms with E-state index in [0.29, 0.717) is 12.2 Å². The molecule has 4 rings (SSSR count). The van der Waals surface area contributed by atoms with Crippen molar-refractivity contribution in [2.45, 2.75) is 19.3 Å². The Morgan fingerprint density at radius 2 is 1.96 bits per heavy atom. The molecule has 0 spiro atoms. The Bertz CT molecular complexity index is 782. The number of ether oxygens (including phenoxy) is 1. The number of rotatable bonds is 5. The maximum atomic E-state index is 13.2. The Morgan fingerprint density at radius 1 is 1.19 bits per heavy atom. The summed E-state index contributed by atoms with van der Waals surface area (Å²) in [5.74, 6) is -0.407. The molecule has 2 aliphatic rings. The van der Waals surface area contributed by atoms with Gasteiger partial charge in [0.25, 0.3) is 5.91 Å². The second-order valence-corrected chi connectivity index (χ2v) is 6.73. The Morgan fingerprint density at radius 3 is 2.73 bits per heavy atom. The predicted octanol–water partition coefficient (Wildman–Crippen LogP) is 1.56. The number of hydrogen-bond donors (Lipinski definition) is 1. The van der Waals surface area contributed by atoms with E-state index in [1.807, 2.05) is 0 Å². The van der Waals surface area contributed by atoms with Crippen LogP contribution in [0, 0.1) is 5.82 Å². The van der Waals surface area contributed by atoms with Gasteiger partial charge in [-0.1, -0.05) is 0 Å². The minimum absolute atomic E-state index is 0.128. The van der Waals surface area contributed by atoms with Crippen LogP contribution in [0.25, 0.3) is 5.69 Å². The van der Waals surface area contributed by atoms with Gasteiger partial charge in [-0.2, -0.15) is 5.10 Å². The highest BCUT2D eigenvalue weighted by Gasteiger charge is 2.26. The number of halogens is 1. The summed E-state index contributed by atoms with van der Waals surface area (Å²) >= 11 is 0. The third kappa shape index (κ3) is 3.50. The summed E-state index contributed by atoms with van der Waals surface area (Å²) in [6.07, 6.45) is 2.77. The summed E-state index contributed by atoms with van der Waals surface area (Å²) in [6, 6.07) is 6.23. The Labute approximate surface area is 151 Å². The van der Waals surface area contributed by atoms with Crippen molar-refractivity contribution >= 4 is 5.91 Å². The molecular weight excluding hydrogens is 335 g/mol. The van der Waals surface area contributed by atoms with Crippen molar-refractivity contribution in [2.24, 2.45) is 0 Å². The molecule has 6 nitrogen and oxygen atoms in total. The van der Waals surface area contributed by atoms with Crippen LogP contribution in [0.15, 0.2) is 24.3 Å². The lowest BCUT2D eigenvalue weighted by Crippen LogP contribution is -2.41. The first-order chi connectivity index (χ1) is 12.7. The quantitative estimate of drug-likeness (QED) is 0.881. The van der Waals surface area contributed by atoms with E-state index in [0.717, 1.165) is 69.1 Å². The average molecular weight is 358 g/mol. The number of morpholine rings is 1. The lowest BCUT2D eigenvalue weighted by atomic mass is 10.2. The first-order valence-corrected chi connectivity index (χ1v) is 9.17. The lowest BCUT2D eigenvalue weighted by molar-refractivity contribution is 0.0383. The van der Waals surface area contributed by atoms with E-state index in [9.17, 15) is 9.18 Å². The fourth-order valence-electron chi connectivity index (χ4n) is 3.65. The highest BCUT2D eigenvalue weighted by atomic mass is 19.1. The molecule has 7 heteroatoms. The number of carbonyl (C=O) groups is 1. The normalized spacial score (nSPS) is 17.3. The van der Waals surface area contributed by atoms with Crippen LogP contribution < -0.4 is 5.32 Å². The molecule has 26 heavy (non-hydrogen) atoms. The van der Waals surface area contributed by atoms with Gasteiger partial charge < -0.3 is 10.1 Å². The van der Waals surface area contributed by atoms with Gasteiger partial charge in [0.2, 0.25) is 0 Å². The van der Waals surface area contributed by atoms with E-state index >= 15 is 0 Å². The van der Waals surface area contributed by atoms with Crippen LogP contribution in [-0.4, -0.2) is 60.0 Å². The molecule has 1 aliphatic carbocycles. The second-order valence-electron chi connectivity index (χ2n) is 6.73. The largest absolute Gasteiger partial charge is 0.379 e. The third-order valence-electron chi connectivity index (χ3n) is 5.03. The van der Waals surface area contributed by atoms with Gasteiger partial charge in [-0.3, -0.25) is 9.69 Å². The van der Waals surface area contributed by atoms with Gasteiger partial charge in [0.05, 0.1) is 18.9 Å². The van der Waals surface area contributed by atoms with Gasteiger partial charge in [-0.25, -0.2) is 9.07 Å². The Balaban J connectivity index is 1.47. The molecule has 0 bridgehead atoms. The molecule has 1 saturated heterocycles. The molecule has 0 radical (unpaired) electrons. The zero-order valence-corrected chi connectivity index (χ0v) is 14.7. The molecule has 0 saturated carbocycles. The maximum Gasteiger partial charge on any atom is 0.272 e. The molecular formula is C19H23FN4O2. The summed E-state index contributed by atoms with van der Waals surface area (Å²) in [5.41, 5.74) is 3.38. The van der Waals surface area contributed by atoms with Crippen LogP contribution in [0.5, 0.6) is 0 Å². The van der Waals surface area contributed by atoms with Crippen molar-refractivity contribution < 1.29 is 13.9 Å². The molecule has 1 aliphatic heterocycles. The van der Waals surface area contributed by atoms with E-state index in [4.69, 9.17) is 4.74 Å². The highest BCUT2D eigenvalue weighted by molar-refractivity contribution is 5.94. The lowest BCUT2D eigenvalue weighted by Gasteiger charge is -2.26. The van der Waals surface area contributed by atoms with Crippen LogP contribution in [0.3, 0.4) is 0 Å². The van der Waals surface area contributed by atoms with Crippen molar-refractivity contribution in [3.05, 3.63) is 47.0 Å². The zero-order valence-electron chi connectivity index (χ0n) is 14.7. The van der Waals surface area contributed by atoms with E-state index < -0.39 is 0 Å². The van der Waals surface area contributed by atoms with Crippen molar-refractivity contribution in [2.75, 3.05) is 39.4 Å². The second kappa shape index (κ2) is 7.55. The van der Waals surface area contributed by atoms with Crippen LogP contribution in [-0.2, 0) is 17.6 Å². The number of aromatic nitrogens is 2. The zero-order chi connectivity index (χ0) is 17.9. The highest BCUT2D eigenvalue weighted by Crippen LogP contribution is 2.27. The van der Waals surface area contributed by atoms with Gasteiger partial charge >= 0.3 is 0 Å². The monoisotopic (exact) mass is 358 g/mol. The molecule has 1 amide bonds. The molecule has 1 aromatic heterocycles. The number of nitrogens with one attached hydrogen (secondary N) is 1. The number of carbonyl (C=O) groups excluding carboxylic acids is 1. The standard InChI is InChI=1S/C19H23FN4O2/c20-14-4-6-15(7-5-14)24-17-3-1-2-16(17)18(22-24)19(25)21-8-9-23-10-12-26-13-11-23/h4-7H,1-3,8-13H2,(H,21,25). The van der Waals surface area contributed by atoms with Gasteiger partial charge in [-0.15, -0.1) is 0 Å². The molecule has 2 heterocycles. The van der Waals surface area contributed by atoms with Crippen LogP contribution in [0.2, 0.25) is 0 Å². The van der Waals surface area contributed by atoms with Crippen molar-refractivity contribution in [3.63, 3.8) is 0 Å². The number of amides is 1. The summed E-state index contributed by atoms with van der Waals surface area (Å²) < 4.78 is 20.3. The van der Waals surface area contributed by atoms with Gasteiger partial charge in [-0.05, 0) is 43.5 Å². The number of nitrogens with zero attached hydrogens (tertiary/aromatic N) is 3. The third-order valence-corrected chi connectivity index (χ3v) is 5.03. The summed E-state index contributed by atoms with van der Waals surface area (Å²) in [6.45, 7) is 4.73. The van der Waals surface area contributed by atoms with E-state index in [2.05, 4.69) is 15.3 Å². The SMILES string of the molecule is O=C(NCCN1CCOCC1)c1nn(-c2ccc(F)cc2)c2c1CCC2. The number of fused-ring (bicyclic) bond motifs is 1. The van der Waals surface area contributed by atoms with Gasteiger partial charge in [0.15, 0.2) is 5.69 Å². The maximum absolute atomic E-state index is 13.2. The predicted molar refractivity (Wildman–Crippen MR) is 95.1 cm³/mol. The molecule has 138 valence electrons.